The Morgan fingerprint density at radius 3 is 2.77 bits per heavy atom. The van der Waals surface area contributed by atoms with Crippen molar-refractivity contribution in [1.29, 1.82) is 0 Å². The first kappa shape index (κ1) is 8.19. The quantitative estimate of drug-likeness (QED) is 0.623. The fraction of sp³-hybridized carbons (Fsp3) is 0.333. The van der Waals surface area contributed by atoms with Crippen LogP contribution in [0.1, 0.15) is 29.9 Å². The summed E-state index contributed by atoms with van der Waals surface area (Å²) in [6, 6.07) is 6.04. The van der Waals surface area contributed by atoms with Gasteiger partial charge in [0, 0.05) is 0 Å². The lowest BCUT2D eigenvalue weighted by Crippen LogP contribution is -1.93. The van der Waals surface area contributed by atoms with E-state index in [1.165, 1.54) is 18.4 Å². The molecule has 0 aliphatic heterocycles. The van der Waals surface area contributed by atoms with Crippen LogP contribution in [0.5, 0.6) is 5.75 Å². The third-order valence-electron chi connectivity index (χ3n) is 2.42. The van der Waals surface area contributed by atoms with Crippen LogP contribution in [0.15, 0.2) is 18.2 Å². The molecule has 1 aliphatic rings. The number of ether oxygens (including phenoxy) is 1. The summed E-state index contributed by atoms with van der Waals surface area (Å²) in [5.74, 6) is 4.22. The van der Waals surface area contributed by atoms with Gasteiger partial charge in [-0.05, 0) is 30.4 Å². The number of hydrogen-bond donors (Lipinski definition) is 0. The largest absolute Gasteiger partial charge is 0.495 e. The maximum Gasteiger partial charge on any atom is 0.137 e. The molecule has 2 rings (SSSR count). The summed E-state index contributed by atoms with van der Waals surface area (Å²) in [4.78, 5) is 0. The van der Waals surface area contributed by atoms with E-state index in [2.05, 4.69) is 12.0 Å². The zero-order chi connectivity index (χ0) is 9.26. The average molecular weight is 172 g/mol. The van der Waals surface area contributed by atoms with Gasteiger partial charge in [-0.1, -0.05) is 18.1 Å². The van der Waals surface area contributed by atoms with Crippen molar-refractivity contribution in [2.45, 2.75) is 18.8 Å². The van der Waals surface area contributed by atoms with Crippen LogP contribution in [0.25, 0.3) is 0 Å². The topological polar surface area (TPSA) is 9.23 Å². The van der Waals surface area contributed by atoms with Gasteiger partial charge in [0.2, 0.25) is 0 Å². The Balaban J connectivity index is 2.49. The number of para-hydroxylation sites is 1. The molecule has 1 aliphatic carbocycles. The van der Waals surface area contributed by atoms with Crippen molar-refractivity contribution in [2.24, 2.45) is 0 Å². The van der Waals surface area contributed by atoms with E-state index >= 15 is 0 Å². The van der Waals surface area contributed by atoms with Gasteiger partial charge in [0.15, 0.2) is 0 Å². The molecule has 0 radical (unpaired) electrons. The van der Waals surface area contributed by atoms with E-state index in [0.29, 0.717) is 5.92 Å². The maximum atomic E-state index is 5.39. The maximum absolute atomic E-state index is 5.39. The molecular weight excluding hydrogens is 160 g/mol. The molecule has 0 bridgehead atoms. The van der Waals surface area contributed by atoms with Crippen molar-refractivity contribution in [2.75, 3.05) is 7.11 Å². The van der Waals surface area contributed by atoms with Gasteiger partial charge in [0.05, 0.1) is 12.7 Å². The van der Waals surface area contributed by atoms with Crippen LogP contribution in [0.3, 0.4) is 0 Å². The van der Waals surface area contributed by atoms with E-state index in [1.54, 1.807) is 7.11 Å². The lowest BCUT2D eigenvalue weighted by molar-refractivity contribution is 0.408. The molecule has 66 valence electrons. The van der Waals surface area contributed by atoms with Gasteiger partial charge in [-0.15, -0.1) is 6.42 Å². The van der Waals surface area contributed by atoms with Gasteiger partial charge >= 0.3 is 0 Å². The van der Waals surface area contributed by atoms with Gasteiger partial charge < -0.3 is 4.74 Å². The van der Waals surface area contributed by atoms with Crippen LogP contribution in [0, 0.1) is 12.3 Å². The fourth-order valence-corrected chi connectivity index (χ4v) is 1.61. The van der Waals surface area contributed by atoms with Crippen molar-refractivity contribution in [3.8, 4) is 18.1 Å². The number of rotatable bonds is 2. The molecule has 0 spiro atoms. The number of benzene rings is 1. The molecular formula is C12H12O. The van der Waals surface area contributed by atoms with E-state index in [1.807, 2.05) is 12.1 Å². The Bertz CT molecular complexity index is 356. The highest BCUT2D eigenvalue weighted by Crippen LogP contribution is 2.45. The van der Waals surface area contributed by atoms with E-state index < -0.39 is 0 Å². The molecule has 1 aromatic carbocycles. The normalized spacial score (nSPS) is 15.1. The summed E-state index contributed by atoms with van der Waals surface area (Å²) in [7, 11) is 1.68. The minimum Gasteiger partial charge on any atom is -0.495 e. The van der Waals surface area contributed by atoms with Gasteiger partial charge in [-0.2, -0.15) is 0 Å². The Labute approximate surface area is 78.7 Å². The van der Waals surface area contributed by atoms with Crippen molar-refractivity contribution in [3.05, 3.63) is 29.3 Å². The van der Waals surface area contributed by atoms with Crippen molar-refractivity contribution < 1.29 is 4.74 Å². The van der Waals surface area contributed by atoms with Crippen LogP contribution in [0.2, 0.25) is 0 Å². The Hall–Kier alpha value is -1.42. The lowest BCUT2D eigenvalue weighted by Gasteiger charge is -2.08. The monoisotopic (exact) mass is 172 g/mol. The minimum absolute atomic E-state index is 0.684. The molecule has 13 heavy (non-hydrogen) atoms. The molecule has 0 atom stereocenters. The Kier molecular flexibility index (Phi) is 1.98. The first-order chi connectivity index (χ1) is 6.36. The van der Waals surface area contributed by atoms with Crippen LogP contribution < -0.4 is 4.74 Å². The summed E-state index contributed by atoms with van der Waals surface area (Å²) in [5, 5.41) is 0. The van der Waals surface area contributed by atoms with Gasteiger partial charge in [-0.25, -0.2) is 0 Å². The van der Waals surface area contributed by atoms with Crippen molar-refractivity contribution >= 4 is 0 Å². The summed E-state index contributed by atoms with van der Waals surface area (Å²) in [6.45, 7) is 0. The summed E-state index contributed by atoms with van der Waals surface area (Å²) < 4.78 is 5.33. The average Bonchev–Trinajstić information content (AvgIpc) is 2.99. The number of methoxy groups -OCH3 is 1. The van der Waals surface area contributed by atoms with Gasteiger partial charge in [0.1, 0.15) is 5.75 Å². The van der Waals surface area contributed by atoms with Crippen LogP contribution in [0.4, 0.5) is 0 Å². The molecule has 0 amide bonds. The molecule has 1 aromatic rings. The first-order valence-electron chi connectivity index (χ1n) is 4.50. The molecule has 0 N–H and O–H groups in total. The fourth-order valence-electron chi connectivity index (χ4n) is 1.61. The van der Waals surface area contributed by atoms with Crippen molar-refractivity contribution in [1.82, 2.24) is 0 Å². The molecule has 1 heteroatoms. The smallest absolute Gasteiger partial charge is 0.137 e. The molecule has 0 aromatic heterocycles. The van der Waals surface area contributed by atoms with Gasteiger partial charge in [-0.3, -0.25) is 0 Å². The highest BCUT2D eigenvalue weighted by Gasteiger charge is 2.27. The molecule has 1 nitrogen and oxygen atoms in total. The summed E-state index contributed by atoms with van der Waals surface area (Å²) >= 11 is 0. The highest BCUT2D eigenvalue weighted by atomic mass is 16.5. The Morgan fingerprint density at radius 1 is 1.46 bits per heavy atom. The second-order valence-corrected chi connectivity index (χ2v) is 3.35. The second-order valence-electron chi connectivity index (χ2n) is 3.35. The standard InChI is InChI=1S/C12H12O/c1-3-9-5-4-6-11(10-7-8-10)12(9)13-2/h1,4-6,10H,7-8H2,2H3. The molecule has 1 saturated carbocycles. The van der Waals surface area contributed by atoms with E-state index in [4.69, 9.17) is 11.2 Å². The zero-order valence-corrected chi connectivity index (χ0v) is 7.71. The minimum atomic E-state index is 0.684. The molecule has 0 heterocycles. The predicted molar refractivity (Wildman–Crippen MR) is 52.9 cm³/mol. The SMILES string of the molecule is C#Cc1cccc(C2CC2)c1OC. The van der Waals surface area contributed by atoms with Gasteiger partial charge in [0.25, 0.3) is 0 Å². The van der Waals surface area contributed by atoms with E-state index in [0.717, 1.165) is 11.3 Å². The summed E-state index contributed by atoms with van der Waals surface area (Å²) in [6.07, 6.45) is 7.92. The third-order valence-corrected chi connectivity index (χ3v) is 2.42. The number of hydrogen-bond acceptors (Lipinski definition) is 1. The van der Waals surface area contributed by atoms with Crippen LogP contribution >= 0.6 is 0 Å². The zero-order valence-electron chi connectivity index (χ0n) is 7.71. The molecule has 1 fully saturated rings. The van der Waals surface area contributed by atoms with Crippen LogP contribution in [-0.4, -0.2) is 7.11 Å². The number of terminal acetylenes is 1. The van der Waals surface area contributed by atoms with Crippen LogP contribution in [-0.2, 0) is 0 Å². The predicted octanol–water partition coefficient (Wildman–Crippen LogP) is 2.55. The molecule has 0 saturated heterocycles. The van der Waals surface area contributed by atoms with E-state index in [-0.39, 0.29) is 0 Å². The first-order valence-corrected chi connectivity index (χ1v) is 4.50. The van der Waals surface area contributed by atoms with E-state index in [9.17, 15) is 0 Å². The van der Waals surface area contributed by atoms with Crippen molar-refractivity contribution in [3.63, 3.8) is 0 Å². The second kappa shape index (κ2) is 3.14. The highest BCUT2D eigenvalue weighted by molar-refractivity contribution is 5.52. The Morgan fingerprint density at radius 2 is 2.23 bits per heavy atom. The summed E-state index contributed by atoms with van der Waals surface area (Å²) in [5.41, 5.74) is 2.14. The third kappa shape index (κ3) is 1.40. The lowest BCUT2D eigenvalue weighted by atomic mass is 10.1. The molecule has 0 unspecified atom stereocenters.